The Morgan fingerprint density at radius 2 is 1.80 bits per heavy atom. The molecular formula is C23H25ClN4O2. The second kappa shape index (κ2) is 9.32. The van der Waals surface area contributed by atoms with Gasteiger partial charge in [-0.05, 0) is 44.1 Å². The van der Waals surface area contributed by atoms with E-state index in [-0.39, 0.29) is 16.6 Å². The van der Waals surface area contributed by atoms with Crippen LogP contribution in [0.5, 0.6) is 5.75 Å². The van der Waals surface area contributed by atoms with Crippen molar-refractivity contribution in [2.24, 2.45) is 0 Å². The van der Waals surface area contributed by atoms with Crippen molar-refractivity contribution in [3.63, 3.8) is 0 Å². The van der Waals surface area contributed by atoms with E-state index in [2.05, 4.69) is 21.4 Å². The number of para-hydroxylation sites is 2. The number of aromatic nitrogens is 2. The zero-order valence-electron chi connectivity index (χ0n) is 16.9. The number of ether oxygens (including phenoxy) is 1. The minimum Gasteiger partial charge on any atom is -0.496 e. The third kappa shape index (κ3) is 4.20. The van der Waals surface area contributed by atoms with Crippen LogP contribution in [0.15, 0.2) is 65.6 Å². The number of nitrogens with zero attached hydrogens (tertiary/aromatic N) is 3. The monoisotopic (exact) mass is 424 g/mol. The quantitative estimate of drug-likeness (QED) is 0.617. The van der Waals surface area contributed by atoms with Gasteiger partial charge >= 0.3 is 0 Å². The third-order valence-electron chi connectivity index (χ3n) is 5.48. The highest BCUT2D eigenvalue weighted by Gasteiger charge is 2.26. The fourth-order valence-electron chi connectivity index (χ4n) is 3.95. The number of rotatable bonds is 7. The van der Waals surface area contributed by atoms with Gasteiger partial charge in [-0.2, -0.15) is 9.78 Å². The van der Waals surface area contributed by atoms with Gasteiger partial charge in [0.2, 0.25) is 0 Å². The van der Waals surface area contributed by atoms with Gasteiger partial charge in [-0.1, -0.05) is 48.0 Å². The topological polar surface area (TPSA) is 59.4 Å². The Morgan fingerprint density at radius 1 is 1.10 bits per heavy atom. The van der Waals surface area contributed by atoms with Crippen molar-refractivity contribution in [3.05, 3.63) is 81.7 Å². The van der Waals surface area contributed by atoms with Crippen molar-refractivity contribution in [2.75, 3.05) is 32.1 Å². The molecule has 1 N–H and O–H groups in total. The Hall–Kier alpha value is -2.83. The van der Waals surface area contributed by atoms with Crippen LogP contribution < -0.4 is 15.6 Å². The second-order valence-electron chi connectivity index (χ2n) is 7.31. The molecule has 0 aliphatic carbocycles. The molecule has 7 heteroatoms. The van der Waals surface area contributed by atoms with E-state index in [1.165, 1.54) is 17.5 Å². The summed E-state index contributed by atoms with van der Waals surface area (Å²) in [5.74, 6) is 0.861. The highest BCUT2D eigenvalue weighted by Crippen LogP contribution is 2.32. The van der Waals surface area contributed by atoms with E-state index in [1.54, 1.807) is 13.3 Å². The van der Waals surface area contributed by atoms with Gasteiger partial charge in [0, 0.05) is 12.1 Å². The van der Waals surface area contributed by atoms with Gasteiger partial charge in [0.25, 0.3) is 5.56 Å². The molecular weight excluding hydrogens is 400 g/mol. The molecule has 30 heavy (non-hydrogen) atoms. The number of hydrogen-bond donors (Lipinski definition) is 1. The molecule has 1 aliphatic rings. The maximum atomic E-state index is 12.8. The zero-order chi connectivity index (χ0) is 20.9. The molecule has 0 saturated carbocycles. The number of methoxy groups -OCH3 is 1. The normalized spacial score (nSPS) is 15.1. The number of nitrogens with one attached hydrogen (secondary N) is 1. The number of hydrogen-bond acceptors (Lipinski definition) is 5. The van der Waals surface area contributed by atoms with Gasteiger partial charge in [0.05, 0.1) is 30.7 Å². The predicted molar refractivity (Wildman–Crippen MR) is 120 cm³/mol. The molecule has 0 radical (unpaired) electrons. The molecule has 2 aromatic carbocycles. The lowest BCUT2D eigenvalue weighted by Crippen LogP contribution is -2.32. The van der Waals surface area contributed by atoms with Crippen LogP contribution in [-0.2, 0) is 0 Å². The van der Waals surface area contributed by atoms with E-state index < -0.39 is 0 Å². The van der Waals surface area contributed by atoms with E-state index in [0.717, 1.165) is 24.4 Å². The van der Waals surface area contributed by atoms with Crippen LogP contribution in [0.3, 0.4) is 0 Å². The Bertz CT molecular complexity index is 1050. The summed E-state index contributed by atoms with van der Waals surface area (Å²) in [5, 5.41) is 7.80. The van der Waals surface area contributed by atoms with Crippen LogP contribution in [0.25, 0.3) is 5.69 Å². The molecule has 0 unspecified atom stereocenters. The first-order valence-electron chi connectivity index (χ1n) is 10.1. The van der Waals surface area contributed by atoms with Crippen LogP contribution in [-0.4, -0.2) is 41.4 Å². The average Bonchev–Trinajstić information content (AvgIpc) is 3.32. The molecule has 1 aliphatic heterocycles. The van der Waals surface area contributed by atoms with Crippen LogP contribution >= 0.6 is 11.6 Å². The fraction of sp³-hybridized carbons (Fsp3) is 0.304. The smallest absolute Gasteiger partial charge is 0.292 e. The second-order valence-corrected chi connectivity index (χ2v) is 7.68. The Morgan fingerprint density at radius 3 is 2.53 bits per heavy atom. The SMILES string of the molecule is COc1ccccc1[C@@H](CNc1cnn(-c2ccccc2)c(=O)c1Cl)N1CCCC1. The molecule has 1 fully saturated rings. The van der Waals surface area contributed by atoms with Crippen LogP contribution in [0.4, 0.5) is 5.69 Å². The van der Waals surface area contributed by atoms with Crippen LogP contribution in [0.1, 0.15) is 24.4 Å². The number of halogens is 1. The highest BCUT2D eigenvalue weighted by atomic mass is 35.5. The van der Waals surface area contributed by atoms with Crippen LogP contribution in [0.2, 0.25) is 5.02 Å². The summed E-state index contributed by atoms with van der Waals surface area (Å²) in [6.07, 6.45) is 3.97. The summed E-state index contributed by atoms with van der Waals surface area (Å²) in [6, 6.07) is 17.4. The first kappa shape index (κ1) is 20.4. The summed E-state index contributed by atoms with van der Waals surface area (Å²) in [7, 11) is 1.69. The molecule has 1 aromatic heterocycles. The maximum Gasteiger partial charge on any atom is 0.292 e. The van der Waals surface area contributed by atoms with Crippen molar-refractivity contribution in [2.45, 2.75) is 18.9 Å². The van der Waals surface area contributed by atoms with E-state index in [4.69, 9.17) is 16.3 Å². The van der Waals surface area contributed by atoms with Gasteiger partial charge in [-0.3, -0.25) is 9.69 Å². The van der Waals surface area contributed by atoms with Gasteiger partial charge in [0.15, 0.2) is 0 Å². The molecule has 156 valence electrons. The lowest BCUT2D eigenvalue weighted by Gasteiger charge is -2.29. The van der Waals surface area contributed by atoms with Gasteiger partial charge in [0.1, 0.15) is 10.8 Å². The summed E-state index contributed by atoms with van der Waals surface area (Å²) in [6.45, 7) is 2.66. The largest absolute Gasteiger partial charge is 0.496 e. The van der Waals surface area contributed by atoms with Crippen LogP contribution in [0, 0.1) is 0 Å². The minimum absolute atomic E-state index is 0.108. The Kier molecular flexibility index (Phi) is 6.35. The van der Waals surface area contributed by atoms with Crippen molar-refractivity contribution in [3.8, 4) is 11.4 Å². The molecule has 4 rings (SSSR count). The molecule has 1 saturated heterocycles. The summed E-state index contributed by atoms with van der Waals surface area (Å²) in [5.41, 5.74) is 1.99. The minimum atomic E-state index is -0.345. The number of anilines is 1. The van der Waals surface area contributed by atoms with E-state index in [1.807, 2.05) is 48.5 Å². The van der Waals surface area contributed by atoms with Gasteiger partial charge in [-0.15, -0.1) is 0 Å². The van der Waals surface area contributed by atoms with Crippen molar-refractivity contribution >= 4 is 17.3 Å². The Balaban J connectivity index is 1.59. The van der Waals surface area contributed by atoms with E-state index in [9.17, 15) is 4.79 Å². The number of likely N-dealkylation sites (tertiary alicyclic amines) is 1. The van der Waals surface area contributed by atoms with E-state index >= 15 is 0 Å². The van der Waals surface area contributed by atoms with Crippen molar-refractivity contribution in [1.82, 2.24) is 14.7 Å². The van der Waals surface area contributed by atoms with Crippen molar-refractivity contribution in [1.29, 1.82) is 0 Å². The third-order valence-corrected chi connectivity index (χ3v) is 5.85. The molecule has 0 amide bonds. The lowest BCUT2D eigenvalue weighted by atomic mass is 10.0. The van der Waals surface area contributed by atoms with Gasteiger partial charge in [-0.25, -0.2) is 0 Å². The molecule has 0 bridgehead atoms. The molecule has 6 nitrogen and oxygen atoms in total. The van der Waals surface area contributed by atoms with Crippen molar-refractivity contribution < 1.29 is 4.74 Å². The average molecular weight is 425 g/mol. The lowest BCUT2D eigenvalue weighted by molar-refractivity contribution is 0.249. The first-order chi connectivity index (χ1) is 14.7. The molecule has 0 spiro atoms. The highest BCUT2D eigenvalue weighted by molar-refractivity contribution is 6.32. The maximum absolute atomic E-state index is 12.8. The van der Waals surface area contributed by atoms with E-state index in [0.29, 0.717) is 17.9 Å². The summed E-state index contributed by atoms with van der Waals surface area (Å²) >= 11 is 6.42. The summed E-state index contributed by atoms with van der Waals surface area (Å²) in [4.78, 5) is 15.2. The number of benzene rings is 2. The van der Waals surface area contributed by atoms with Gasteiger partial charge < -0.3 is 10.1 Å². The fourth-order valence-corrected chi connectivity index (χ4v) is 4.14. The Labute approximate surface area is 181 Å². The molecule has 1 atom stereocenters. The zero-order valence-corrected chi connectivity index (χ0v) is 17.7. The summed E-state index contributed by atoms with van der Waals surface area (Å²) < 4.78 is 6.91. The molecule has 2 heterocycles. The molecule has 3 aromatic rings. The first-order valence-corrected chi connectivity index (χ1v) is 10.5. The predicted octanol–water partition coefficient (Wildman–Crippen LogP) is 4.14. The standard InChI is InChI=1S/C23H25ClN4O2/c1-30-21-12-6-5-11-18(21)20(27-13-7-8-14-27)16-25-19-15-26-28(23(29)22(19)24)17-9-3-2-4-10-17/h2-6,9-12,15,20,25H,7-8,13-14,16H2,1H3/t20-/m1/s1.